The molecule has 8 heteroatoms. The van der Waals surface area contributed by atoms with Gasteiger partial charge in [-0.1, -0.05) is 42.6 Å². The van der Waals surface area contributed by atoms with Crippen LogP contribution in [0.3, 0.4) is 0 Å². The molecule has 6 nitrogen and oxygen atoms in total. The van der Waals surface area contributed by atoms with Gasteiger partial charge in [0.25, 0.3) is 0 Å². The number of likely N-dealkylation sites (N-methyl/N-ethyl adjacent to an activating group) is 1. The van der Waals surface area contributed by atoms with Gasteiger partial charge in [0.05, 0.1) is 15.7 Å². The van der Waals surface area contributed by atoms with E-state index in [9.17, 15) is 9.59 Å². The third-order valence-corrected chi connectivity index (χ3v) is 5.53. The molecule has 2 heterocycles. The monoisotopic (exact) mass is 422 g/mol. The lowest BCUT2D eigenvalue weighted by Crippen LogP contribution is -2.36. The second-order valence-corrected chi connectivity index (χ2v) is 7.58. The Morgan fingerprint density at radius 1 is 1.25 bits per heavy atom. The first-order valence-corrected chi connectivity index (χ1v) is 10.2. The number of hydrogen-bond acceptors (Lipinski definition) is 3. The Morgan fingerprint density at radius 2 is 2.04 bits per heavy atom. The number of imidazole rings is 1. The van der Waals surface area contributed by atoms with Crippen LogP contribution in [0.5, 0.6) is 0 Å². The highest BCUT2D eigenvalue weighted by Crippen LogP contribution is 2.33. The first kappa shape index (κ1) is 20.6. The van der Waals surface area contributed by atoms with Gasteiger partial charge in [-0.3, -0.25) is 9.36 Å². The van der Waals surface area contributed by atoms with E-state index in [4.69, 9.17) is 23.2 Å². The quantitative estimate of drug-likeness (QED) is 0.666. The lowest BCUT2D eigenvalue weighted by Gasteiger charge is -2.29. The van der Waals surface area contributed by atoms with Gasteiger partial charge in [0.15, 0.2) is 0 Å². The van der Waals surface area contributed by atoms with Crippen LogP contribution in [0.2, 0.25) is 10.0 Å². The molecule has 2 aromatic rings. The molecule has 0 atom stereocenters. The van der Waals surface area contributed by atoms with Crippen molar-refractivity contribution in [2.24, 2.45) is 0 Å². The van der Waals surface area contributed by atoms with Crippen LogP contribution in [-0.4, -0.2) is 35.1 Å². The van der Waals surface area contributed by atoms with Crippen molar-refractivity contribution in [3.63, 3.8) is 0 Å². The zero-order valence-electron chi connectivity index (χ0n) is 16.0. The number of fused-ring (bicyclic) bond motifs is 1. The molecule has 2 N–H and O–H groups in total. The van der Waals surface area contributed by atoms with Crippen LogP contribution in [0, 0.1) is 0 Å². The maximum absolute atomic E-state index is 12.5. The van der Waals surface area contributed by atoms with Crippen LogP contribution < -0.4 is 15.9 Å². The number of aromatic amines is 1. The van der Waals surface area contributed by atoms with Crippen molar-refractivity contribution in [3.05, 3.63) is 50.0 Å². The van der Waals surface area contributed by atoms with E-state index in [1.54, 1.807) is 6.07 Å². The minimum Gasteiger partial charge on any atom is -0.355 e. The second kappa shape index (κ2) is 8.88. The van der Waals surface area contributed by atoms with Gasteiger partial charge in [-0.05, 0) is 42.7 Å². The molecule has 3 rings (SSSR count). The van der Waals surface area contributed by atoms with Gasteiger partial charge in [0.1, 0.15) is 12.4 Å². The Balaban J connectivity index is 1.92. The summed E-state index contributed by atoms with van der Waals surface area (Å²) in [5.41, 5.74) is 2.37. The molecule has 0 saturated carbocycles. The number of aromatic nitrogens is 2. The number of anilines is 1. The van der Waals surface area contributed by atoms with Gasteiger partial charge in [-0.2, -0.15) is 0 Å². The number of carbonyl (C=O) groups is 1. The van der Waals surface area contributed by atoms with Crippen molar-refractivity contribution >= 4 is 46.6 Å². The van der Waals surface area contributed by atoms with Gasteiger partial charge >= 0.3 is 5.69 Å². The summed E-state index contributed by atoms with van der Waals surface area (Å²) in [7, 11) is 0. The number of carbonyl (C=O) groups excluding carboxylic acids is 1. The number of hydrogen-bond donors (Lipinski definition) is 2. The fourth-order valence-electron chi connectivity index (χ4n) is 3.31. The standard InChI is InChI=1S/C20H24Cl2N4O2/c1-3-5-8-23-18(27)12-26-19-17(24-20(26)28)10-14(11-25(19)4-2)13-6-7-15(21)16(22)9-13/h6-7,9-10H,3-5,8,11-12H2,1-2H3,(H,23,27)(H,24,28). The maximum Gasteiger partial charge on any atom is 0.328 e. The predicted octanol–water partition coefficient (Wildman–Crippen LogP) is 3.78. The van der Waals surface area contributed by atoms with Crippen LogP contribution in [0.25, 0.3) is 11.6 Å². The van der Waals surface area contributed by atoms with E-state index >= 15 is 0 Å². The molecule has 1 aliphatic rings. The maximum atomic E-state index is 12.5. The summed E-state index contributed by atoms with van der Waals surface area (Å²) in [5.74, 6) is 0.578. The number of halogens is 2. The molecule has 150 valence electrons. The average molecular weight is 423 g/mol. The van der Waals surface area contributed by atoms with Crippen molar-refractivity contribution in [1.82, 2.24) is 14.9 Å². The van der Waals surface area contributed by atoms with Crippen molar-refractivity contribution < 1.29 is 4.79 Å². The highest BCUT2D eigenvalue weighted by Gasteiger charge is 2.25. The van der Waals surface area contributed by atoms with Crippen molar-refractivity contribution in [2.45, 2.75) is 33.2 Å². The minimum atomic E-state index is -0.291. The van der Waals surface area contributed by atoms with E-state index in [0.717, 1.165) is 29.8 Å². The molecule has 0 bridgehead atoms. The number of nitrogens with zero attached hydrogens (tertiary/aromatic N) is 2. The molecule has 0 radical (unpaired) electrons. The molecule has 0 spiro atoms. The predicted molar refractivity (Wildman–Crippen MR) is 115 cm³/mol. The van der Waals surface area contributed by atoms with E-state index < -0.39 is 0 Å². The van der Waals surface area contributed by atoms with Crippen LogP contribution in [0.15, 0.2) is 23.0 Å². The van der Waals surface area contributed by atoms with Gasteiger partial charge in [-0.15, -0.1) is 0 Å². The Kier molecular flexibility index (Phi) is 6.52. The Labute approximate surface area is 174 Å². The molecule has 0 aliphatic carbocycles. The van der Waals surface area contributed by atoms with Crippen molar-refractivity contribution in [2.75, 3.05) is 24.5 Å². The number of H-pyrrole nitrogens is 1. The van der Waals surface area contributed by atoms with E-state index in [0.29, 0.717) is 35.4 Å². The van der Waals surface area contributed by atoms with E-state index in [1.807, 2.05) is 25.1 Å². The topological polar surface area (TPSA) is 70.1 Å². The first-order valence-electron chi connectivity index (χ1n) is 9.45. The zero-order chi connectivity index (χ0) is 20.3. The van der Waals surface area contributed by atoms with Gasteiger partial charge in [0.2, 0.25) is 5.91 Å². The van der Waals surface area contributed by atoms with Crippen LogP contribution >= 0.6 is 23.2 Å². The largest absolute Gasteiger partial charge is 0.355 e. The summed E-state index contributed by atoms with van der Waals surface area (Å²) >= 11 is 12.2. The summed E-state index contributed by atoms with van der Waals surface area (Å²) in [6.45, 7) is 6.01. The van der Waals surface area contributed by atoms with E-state index in [1.165, 1.54) is 4.57 Å². The smallest absolute Gasteiger partial charge is 0.328 e. The van der Waals surface area contributed by atoms with Gasteiger partial charge < -0.3 is 15.2 Å². The molecular formula is C20H24Cl2N4O2. The lowest BCUT2D eigenvalue weighted by molar-refractivity contribution is -0.121. The van der Waals surface area contributed by atoms with Crippen molar-refractivity contribution in [3.8, 4) is 0 Å². The van der Waals surface area contributed by atoms with E-state index in [2.05, 4.69) is 22.1 Å². The van der Waals surface area contributed by atoms with Gasteiger partial charge in [0, 0.05) is 19.6 Å². The summed E-state index contributed by atoms with van der Waals surface area (Å²) in [6, 6.07) is 5.50. The number of unbranched alkanes of at least 4 members (excludes halogenated alkanes) is 1. The number of nitrogens with one attached hydrogen (secondary N) is 2. The number of benzene rings is 1. The van der Waals surface area contributed by atoms with Crippen molar-refractivity contribution in [1.29, 1.82) is 0 Å². The SMILES string of the molecule is CCCCNC(=O)Cn1c2c([nH]c1=O)C=C(c1ccc(Cl)c(Cl)c1)CN2CC. The molecular weight excluding hydrogens is 399 g/mol. The Hall–Kier alpha value is -2.18. The molecule has 1 aromatic heterocycles. The fraction of sp³-hybridized carbons (Fsp3) is 0.400. The Bertz CT molecular complexity index is 962. The van der Waals surface area contributed by atoms with Crippen LogP contribution in [0.1, 0.15) is 37.9 Å². The summed E-state index contributed by atoms with van der Waals surface area (Å²) in [6.07, 6.45) is 3.86. The fourth-order valence-corrected chi connectivity index (χ4v) is 3.60. The third-order valence-electron chi connectivity index (χ3n) is 4.79. The highest BCUT2D eigenvalue weighted by atomic mass is 35.5. The number of amides is 1. The second-order valence-electron chi connectivity index (χ2n) is 6.77. The number of rotatable bonds is 7. The lowest BCUT2D eigenvalue weighted by atomic mass is 10.0. The molecule has 1 aromatic carbocycles. The molecule has 28 heavy (non-hydrogen) atoms. The minimum absolute atomic E-state index is 0.000821. The Morgan fingerprint density at radius 3 is 2.71 bits per heavy atom. The zero-order valence-corrected chi connectivity index (χ0v) is 17.5. The molecule has 0 fully saturated rings. The molecule has 0 saturated heterocycles. The van der Waals surface area contributed by atoms with Gasteiger partial charge in [-0.25, -0.2) is 4.79 Å². The molecule has 0 unspecified atom stereocenters. The highest BCUT2D eigenvalue weighted by molar-refractivity contribution is 6.42. The van der Waals surface area contributed by atoms with E-state index in [-0.39, 0.29) is 18.1 Å². The molecule has 1 amide bonds. The summed E-state index contributed by atoms with van der Waals surface area (Å²) in [5, 5.41) is 3.85. The normalized spacial score (nSPS) is 13.3. The van der Waals surface area contributed by atoms with Crippen LogP contribution in [-0.2, 0) is 11.3 Å². The third kappa shape index (κ3) is 4.28. The van der Waals surface area contributed by atoms with Crippen LogP contribution in [0.4, 0.5) is 5.82 Å². The summed E-state index contributed by atoms with van der Waals surface area (Å²) < 4.78 is 1.50. The average Bonchev–Trinajstić information content (AvgIpc) is 2.98. The molecule has 1 aliphatic heterocycles. The first-order chi connectivity index (χ1) is 13.4. The summed E-state index contributed by atoms with van der Waals surface area (Å²) in [4.78, 5) is 29.7.